The molecular weight excluding hydrogens is 381 g/mol. The van der Waals surface area contributed by atoms with Crippen molar-refractivity contribution >= 4 is 34.4 Å². The number of halogens is 1. The maximum absolute atomic E-state index is 12.9. The number of amides is 1. The molecule has 9 heteroatoms. The molecule has 0 aliphatic rings. The summed E-state index contributed by atoms with van der Waals surface area (Å²) in [7, 11) is 0. The molecule has 2 N–H and O–H groups in total. The highest BCUT2D eigenvalue weighted by atomic mass is 32.2. The molecule has 0 fully saturated rings. The van der Waals surface area contributed by atoms with E-state index >= 15 is 0 Å². The summed E-state index contributed by atoms with van der Waals surface area (Å²) in [6.45, 7) is 0. The number of anilines is 1. The fraction of sp³-hybridized carbons (Fsp3) is 0.0526. The summed E-state index contributed by atoms with van der Waals surface area (Å²) in [4.78, 5) is 31.5. The molecule has 0 bridgehead atoms. The van der Waals surface area contributed by atoms with Crippen molar-refractivity contribution in [1.82, 2.24) is 19.7 Å². The van der Waals surface area contributed by atoms with Crippen molar-refractivity contribution < 1.29 is 9.18 Å². The number of hydrogen-bond acceptors (Lipinski definition) is 5. The Labute approximate surface area is 162 Å². The molecule has 1 amide bonds. The van der Waals surface area contributed by atoms with E-state index in [4.69, 9.17) is 0 Å². The highest BCUT2D eigenvalue weighted by Crippen LogP contribution is 2.18. The lowest BCUT2D eigenvalue weighted by Crippen LogP contribution is -2.15. The molecule has 2 heterocycles. The van der Waals surface area contributed by atoms with Gasteiger partial charge in [-0.25, -0.2) is 14.1 Å². The fourth-order valence-corrected chi connectivity index (χ4v) is 3.24. The molecule has 4 aromatic rings. The second-order valence-electron chi connectivity index (χ2n) is 5.84. The summed E-state index contributed by atoms with van der Waals surface area (Å²) in [5, 5.41) is 7.57. The van der Waals surface area contributed by atoms with Crippen LogP contribution in [0.3, 0.4) is 0 Å². The molecule has 2 aromatic carbocycles. The minimum Gasteiger partial charge on any atom is -0.325 e. The summed E-state index contributed by atoms with van der Waals surface area (Å²) >= 11 is 1.09. The van der Waals surface area contributed by atoms with Gasteiger partial charge in [-0.2, -0.15) is 5.10 Å². The SMILES string of the molecule is O=C(CSc1nc2c(cnn2-c2ccccc2)c(=O)[nH]1)Nc1ccc(F)cc1. The van der Waals surface area contributed by atoms with Gasteiger partial charge < -0.3 is 10.3 Å². The van der Waals surface area contributed by atoms with Crippen molar-refractivity contribution in [2.24, 2.45) is 0 Å². The molecule has 7 nitrogen and oxygen atoms in total. The molecule has 0 saturated carbocycles. The highest BCUT2D eigenvalue weighted by molar-refractivity contribution is 7.99. The lowest BCUT2D eigenvalue weighted by molar-refractivity contribution is -0.113. The molecule has 28 heavy (non-hydrogen) atoms. The van der Waals surface area contributed by atoms with Crippen molar-refractivity contribution in [3.8, 4) is 5.69 Å². The number of fused-ring (bicyclic) bond motifs is 1. The molecule has 0 aliphatic heterocycles. The molecular formula is C19H14FN5O2S. The van der Waals surface area contributed by atoms with Crippen molar-refractivity contribution in [3.05, 3.63) is 77.0 Å². The van der Waals surface area contributed by atoms with E-state index in [0.29, 0.717) is 21.9 Å². The normalized spacial score (nSPS) is 10.9. The van der Waals surface area contributed by atoms with E-state index in [1.54, 1.807) is 4.68 Å². The molecule has 2 aromatic heterocycles. The molecule has 0 saturated heterocycles. The van der Waals surface area contributed by atoms with Gasteiger partial charge >= 0.3 is 0 Å². The van der Waals surface area contributed by atoms with Gasteiger partial charge in [-0.05, 0) is 36.4 Å². The first-order valence-corrected chi connectivity index (χ1v) is 9.30. The van der Waals surface area contributed by atoms with Crippen LogP contribution < -0.4 is 10.9 Å². The van der Waals surface area contributed by atoms with Crippen LogP contribution in [0.1, 0.15) is 0 Å². The summed E-state index contributed by atoms with van der Waals surface area (Å²) in [6.07, 6.45) is 1.46. The number of nitrogens with one attached hydrogen (secondary N) is 2. The molecule has 0 radical (unpaired) electrons. The predicted octanol–water partition coefficient (Wildman–Crippen LogP) is 2.98. The van der Waals surface area contributed by atoms with Crippen molar-refractivity contribution in [2.75, 3.05) is 11.1 Å². The Hall–Kier alpha value is -3.46. The number of benzene rings is 2. The summed E-state index contributed by atoms with van der Waals surface area (Å²) in [5.74, 6) is -0.640. The number of aromatic amines is 1. The average molecular weight is 395 g/mol. The molecule has 0 unspecified atom stereocenters. The lowest BCUT2D eigenvalue weighted by Gasteiger charge is -2.06. The van der Waals surface area contributed by atoms with Gasteiger partial charge in [-0.3, -0.25) is 9.59 Å². The van der Waals surface area contributed by atoms with Gasteiger partial charge in [0.05, 0.1) is 17.6 Å². The predicted molar refractivity (Wildman–Crippen MR) is 105 cm³/mol. The van der Waals surface area contributed by atoms with Crippen molar-refractivity contribution in [1.29, 1.82) is 0 Å². The Morgan fingerprint density at radius 2 is 1.89 bits per heavy atom. The number of H-pyrrole nitrogens is 1. The van der Waals surface area contributed by atoms with Crippen LogP contribution in [-0.4, -0.2) is 31.4 Å². The van der Waals surface area contributed by atoms with E-state index < -0.39 is 0 Å². The zero-order valence-corrected chi connectivity index (χ0v) is 15.2. The van der Waals surface area contributed by atoms with Gasteiger partial charge in [0.1, 0.15) is 11.2 Å². The van der Waals surface area contributed by atoms with Gasteiger partial charge in [-0.15, -0.1) is 0 Å². The number of thioether (sulfide) groups is 1. The van der Waals surface area contributed by atoms with E-state index in [9.17, 15) is 14.0 Å². The van der Waals surface area contributed by atoms with E-state index in [0.717, 1.165) is 17.4 Å². The number of carbonyl (C=O) groups excluding carboxylic acids is 1. The van der Waals surface area contributed by atoms with Crippen LogP contribution in [0, 0.1) is 5.82 Å². The third-order valence-electron chi connectivity index (χ3n) is 3.89. The topological polar surface area (TPSA) is 92.7 Å². The molecule has 0 aliphatic carbocycles. The second kappa shape index (κ2) is 7.65. The molecule has 0 spiro atoms. The smallest absolute Gasteiger partial charge is 0.262 e. The zero-order valence-electron chi connectivity index (χ0n) is 14.4. The summed E-state index contributed by atoms with van der Waals surface area (Å²) in [6, 6.07) is 14.8. The Balaban J connectivity index is 1.53. The second-order valence-corrected chi connectivity index (χ2v) is 6.81. The first-order valence-electron chi connectivity index (χ1n) is 8.32. The van der Waals surface area contributed by atoms with Gasteiger partial charge in [0.2, 0.25) is 5.91 Å². The van der Waals surface area contributed by atoms with Crippen LogP contribution in [0.2, 0.25) is 0 Å². The number of carbonyl (C=O) groups is 1. The van der Waals surface area contributed by atoms with Gasteiger partial charge in [-0.1, -0.05) is 30.0 Å². The molecule has 0 atom stereocenters. The number of nitrogens with zero attached hydrogens (tertiary/aromatic N) is 3. The fourth-order valence-electron chi connectivity index (χ4n) is 2.59. The number of rotatable bonds is 5. The van der Waals surface area contributed by atoms with Crippen LogP contribution in [0.15, 0.2) is 70.7 Å². The number of aromatic nitrogens is 4. The first-order chi connectivity index (χ1) is 13.6. The average Bonchev–Trinajstić information content (AvgIpc) is 3.13. The van der Waals surface area contributed by atoms with E-state index in [1.165, 1.54) is 30.5 Å². The van der Waals surface area contributed by atoms with Crippen LogP contribution in [0.5, 0.6) is 0 Å². The standard InChI is InChI=1S/C19H14FN5O2S/c20-12-6-8-13(9-7-12)22-16(26)11-28-19-23-17-15(18(27)24-19)10-21-25(17)14-4-2-1-3-5-14/h1-10H,11H2,(H,22,26)(H,23,24,27). The van der Waals surface area contributed by atoms with E-state index in [1.807, 2.05) is 30.3 Å². The largest absolute Gasteiger partial charge is 0.325 e. The van der Waals surface area contributed by atoms with Gasteiger partial charge in [0.15, 0.2) is 10.8 Å². The minimum atomic E-state index is -0.377. The lowest BCUT2D eigenvalue weighted by atomic mass is 10.3. The van der Waals surface area contributed by atoms with E-state index in [-0.39, 0.29) is 23.0 Å². The third kappa shape index (κ3) is 3.79. The highest BCUT2D eigenvalue weighted by Gasteiger charge is 2.13. The minimum absolute atomic E-state index is 0.0330. The number of para-hydroxylation sites is 1. The Morgan fingerprint density at radius 3 is 2.64 bits per heavy atom. The van der Waals surface area contributed by atoms with Crippen molar-refractivity contribution in [3.63, 3.8) is 0 Å². The molecule has 140 valence electrons. The first kappa shape index (κ1) is 17.9. The van der Waals surface area contributed by atoms with Crippen LogP contribution in [-0.2, 0) is 4.79 Å². The van der Waals surface area contributed by atoms with Gasteiger partial charge in [0.25, 0.3) is 5.56 Å². The quantitative estimate of drug-likeness (QED) is 0.400. The Morgan fingerprint density at radius 1 is 1.14 bits per heavy atom. The van der Waals surface area contributed by atoms with E-state index in [2.05, 4.69) is 20.4 Å². The molecule has 4 rings (SSSR count). The van der Waals surface area contributed by atoms with Crippen LogP contribution in [0.4, 0.5) is 10.1 Å². The zero-order chi connectivity index (χ0) is 19.5. The maximum Gasteiger partial charge on any atom is 0.262 e. The summed E-state index contributed by atoms with van der Waals surface area (Å²) < 4.78 is 14.5. The van der Waals surface area contributed by atoms with Crippen LogP contribution in [0.25, 0.3) is 16.7 Å². The van der Waals surface area contributed by atoms with Crippen molar-refractivity contribution in [2.45, 2.75) is 5.16 Å². The Bertz CT molecular complexity index is 1190. The number of hydrogen-bond donors (Lipinski definition) is 2. The summed E-state index contributed by atoms with van der Waals surface area (Å²) in [5.41, 5.74) is 1.36. The van der Waals surface area contributed by atoms with Crippen LogP contribution >= 0.6 is 11.8 Å². The Kier molecular flexibility index (Phi) is 4.90. The monoisotopic (exact) mass is 395 g/mol. The maximum atomic E-state index is 12.9. The van der Waals surface area contributed by atoms with Gasteiger partial charge in [0, 0.05) is 5.69 Å². The third-order valence-corrected chi connectivity index (χ3v) is 4.76.